The molecule has 1 aliphatic heterocycles. The molecule has 2 heterocycles. The highest BCUT2D eigenvalue weighted by Gasteiger charge is 2.30. The molecule has 1 aliphatic rings. The van der Waals surface area contributed by atoms with Crippen LogP contribution < -0.4 is 0 Å². The van der Waals surface area contributed by atoms with E-state index in [4.69, 9.17) is 21.1 Å². The Hall–Kier alpha value is -2.72. The van der Waals surface area contributed by atoms with Gasteiger partial charge in [-0.15, -0.1) is 0 Å². The normalized spacial score (nSPS) is 14.8. The quantitative estimate of drug-likeness (QED) is 0.503. The number of nitrogens with zero attached hydrogens (tertiary/aromatic N) is 2. The second-order valence-corrected chi connectivity index (χ2v) is 6.84. The van der Waals surface area contributed by atoms with Crippen LogP contribution >= 0.6 is 11.6 Å². The molecule has 5 heteroatoms. The molecule has 0 spiro atoms. The van der Waals surface area contributed by atoms with Gasteiger partial charge in [-0.25, -0.2) is 0 Å². The van der Waals surface area contributed by atoms with Crippen LogP contribution in [0.15, 0.2) is 52.0 Å². The second kappa shape index (κ2) is 8.53. The first-order chi connectivity index (χ1) is 13.6. The minimum atomic E-state index is -0.402. The summed E-state index contributed by atoms with van der Waals surface area (Å²) in [5.74, 6) is 0.644. The van der Waals surface area contributed by atoms with E-state index < -0.39 is 6.04 Å². The third kappa shape index (κ3) is 3.52. The Morgan fingerprint density at radius 1 is 1.07 bits per heavy atom. The Bertz CT molecular complexity index is 1020. The molecule has 0 saturated heterocycles. The van der Waals surface area contributed by atoms with Gasteiger partial charge in [0.2, 0.25) is 0 Å². The monoisotopic (exact) mass is 394 g/mol. The Morgan fingerprint density at radius 3 is 2.46 bits per heavy atom. The number of aromatic nitrogens is 1. The Balaban J connectivity index is 0.00000109. The Kier molecular flexibility index (Phi) is 6.10. The van der Waals surface area contributed by atoms with E-state index in [1.54, 1.807) is 0 Å². The number of benzene rings is 2. The topological polar surface area (TPSA) is 55.5 Å². The molecule has 1 aromatic heterocycles. The van der Waals surface area contributed by atoms with Crippen LogP contribution in [-0.2, 0) is 4.79 Å². The number of carbonyl (C=O) groups excluding carboxylic acids is 1. The van der Waals surface area contributed by atoms with Crippen LogP contribution in [0.5, 0.6) is 0 Å². The summed E-state index contributed by atoms with van der Waals surface area (Å²) in [7, 11) is 0. The molecule has 4 nitrogen and oxygen atoms in total. The van der Waals surface area contributed by atoms with E-state index >= 15 is 0 Å². The highest BCUT2D eigenvalue weighted by Crippen LogP contribution is 2.41. The fraction of sp³-hybridized carbons (Fsp3) is 0.261. The number of fused-ring (bicyclic) bond motifs is 3. The zero-order valence-corrected chi connectivity index (χ0v) is 17.2. The minimum absolute atomic E-state index is 0.242. The number of hydrogen-bond acceptors (Lipinski definition) is 4. The van der Waals surface area contributed by atoms with E-state index in [2.05, 4.69) is 24.2 Å². The maximum atomic E-state index is 11.3. The van der Waals surface area contributed by atoms with Gasteiger partial charge in [-0.05, 0) is 37.1 Å². The van der Waals surface area contributed by atoms with Crippen molar-refractivity contribution in [2.75, 3.05) is 0 Å². The number of halogens is 1. The summed E-state index contributed by atoms with van der Waals surface area (Å²) in [4.78, 5) is 16.2. The summed E-state index contributed by atoms with van der Waals surface area (Å²) < 4.78 is 5.59. The van der Waals surface area contributed by atoms with E-state index in [1.807, 2.05) is 51.1 Å². The molecule has 3 aromatic rings. The molecule has 0 fully saturated rings. The maximum absolute atomic E-state index is 11.3. The van der Waals surface area contributed by atoms with Crippen molar-refractivity contribution in [2.45, 2.75) is 40.2 Å². The summed E-state index contributed by atoms with van der Waals surface area (Å²) in [5.41, 5.74) is 6.70. The fourth-order valence-corrected chi connectivity index (χ4v) is 3.62. The third-order valence-corrected chi connectivity index (χ3v) is 4.94. The lowest BCUT2D eigenvalue weighted by molar-refractivity contribution is -0.108. The van der Waals surface area contributed by atoms with Gasteiger partial charge < -0.3 is 9.32 Å². The molecule has 4 rings (SSSR count). The summed E-state index contributed by atoms with van der Waals surface area (Å²) in [5, 5.41) is 4.80. The highest BCUT2D eigenvalue weighted by atomic mass is 35.5. The zero-order valence-electron chi connectivity index (χ0n) is 16.5. The van der Waals surface area contributed by atoms with Crippen molar-refractivity contribution in [1.82, 2.24) is 5.16 Å². The van der Waals surface area contributed by atoms with E-state index in [-0.39, 0.29) is 6.42 Å². The average molecular weight is 395 g/mol. The minimum Gasteiger partial charge on any atom is -0.358 e. The average Bonchev–Trinajstić information content (AvgIpc) is 3.02. The molecule has 0 aliphatic carbocycles. The SMILES string of the molecule is CC.Cc1cccc2c1C(c1ccc(Cl)cc1)=N[C@@H](CC=O)c1onc(C)c1-2. The Labute approximate surface area is 170 Å². The van der Waals surface area contributed by atoms with Gasteiger partial charge in [0.1, 0.15) is 12.3 Å². The van der Waals surface area contributed by atoms with Crippen molar-refractivity contribution in [3.05, 3.63) is 75.6 Å². The maximum Gasteiger partial charge on any atom is 0.169 e. The van der Waals surface area contributed by atoms with Gasteiger partial charge in [-0.3, -0.25) is 4.99 Å². The van der Waals surface area contributed by atoms with Crippen molar-refractivity contribution in [2.24, 2.45) is 4.99 Å². The second-order valence-electron chi connectivity index (χ2n) is 6.41. The lowest BCUT2D eigenvalue weighted by atomic mass is 9.90. The molecule has 0 amide bonds. The molecule has 144 valence electrons. The first-order valence-electron chi connectivity index (χ1n) is 9.44. The molecule has 0 unspecified atom stereocenters. The summed E-state index contributed by atoms with van der Waals surface area (Å²) in [6.07, 6.45) is 1.11. The summed E-state index contributed by atoms with van der Waals surface area (Å²) in [6.45, 7) is 7.98. The number of rotatable bonds is 3. The molecule has 28 heavy (non-hydrogen) atoms. The van der Waals surface area contributed by atoms with Crippen LogP contribution in [0.4, 0.5) is 0 Å². The fourth-order valence-electron chi connectivity index (χ4n) is 3.49. The third-order valence-electron chi connectivity index (χ3n) is 4.69. The molecule has 1 atom stereocenters. The number of hydrogen-bond donors (Lipinski definition) is 0. The van der Waals surface area contributed by atoms with Crippen LogP contribution in [0, 0.1) is 13.8 Å². The molecule has 0 saturated carbocycles. The lowest BCUT2D eigenvalue weighted by Crippen LogP contribution is -2.08. The van der Waals surface area contributed by atoms with Crippen molar-refractivity contribution >= 4 is 23.6 Å². The van der Waals surface area contributed by atoms with Gasteiger partial charge in [0.05, 0.1) is 17.0 Å². The molecular weight excluding hydrogens is 372 g/mol. The number of aryl methyl sites for hydroxylation is 2. The van der Waals surface area contributed by atoms with Gasteiger partial charge >= 0.3 is 0 Å². The molecule has 0 N–H and O–H groups in total. The number of carbonyl (C=O) groups is 1. The highest BCUT2D eigenvalue weighted by molar-refractivity contribution is 6.30. The number of aliphatic imine (C=N–C) groups is 1. The predicted octanol–water partition coefficient (Wildman–Crippen LogP) is 6.12. The van der Waals surface area contributed by atoms with Gasteiger partial charge in [0, 0.05) is 22.6 Å². The van der Waals surface area contributed by atoms with Crippen LogP contribution in [0.25, 0.3) is 11.1 Å². The van der Waals surface area contributed by atoms with Crippen LogP contribution in [0.2, 0.25) is 5.02 Å². The molecule has 2 aromatic carbocycles. The van der Waals surface area contributed by atoms with Crippen LogP contribution in [-0.4, -0.2) is 17.2 Å². The first-order valence-corrected chi connectivity index (χ1v) is 9.82. The van der Waals surface area contributed by atoms with Crippen LogP contribution in [0.3, 0.4) is 0 Å². The van der Waals surface area contributed by atoms with Crippen molar-refractivity contribution in [3.8, 4) is 11.1 Å². The van der Waals surface area contributed by atoms with E-state index in [0.29, 0.717) is 10.8 Å². The standard InChI is InChI=1S/C21H17ClN2O2.C2H6/c1-12-4-3-5-16-18(12)20(14-6-8-15(22)9-7-14)23-17(10-11-25)21-19(16)13(2)24-26-21;1-2/h3-9,11,17H,10H2,1-2H3;1-2H3/t17-;/m0./s1. The first kappa shape index (κ1) is 20.0. The lowest BCUT2D eigenvalue weighted by Gasteiger charge is -2.14. The zero-order chi connectivity index (χ0) is 20.3. The number of aldehydes is 1. The van der Waals surface area contributed by atoms with Gasteiger partial charge in [0.25, 0.3) is 0 Å². The summed E-state index contributed by atoms with van der Waals surface area (Å²) in [6, 6.07) is 13.3. The molecule has 0 radical (unpaired) electrons. The van der Waals surface area contributed by atoms with Crippen molar-refractivity contribution in [3.63, 3.8) is 0 Å². The van der Waals surface area contributed by atoms with E-state index in [1.165, 1.54) is 0 Å². The molecule has 0 bridgehead atoms. The largest absolute Gasteiger partial charge is 0.358 e. The van der Waals surface area contributed by atoms with Gasteiger partial charge in [0.15, 0.2) is 5.76 Å². The van der Waals surface area contributed by atoms with Gasteiger partial charge in [-0.2, -0.15) is 0 Å². The van der Waals surface area contributed by atoms with E-state index in [0.717, 1.165) is 45.5 Å². The predicted molar refractivity (Wildman–Crippen MR) is 113 cm³/mol. The van der Waals surface area contributed by atoms with Crippen molar-refractivity contribution < 1.29 is 9.32 Å². The Morgan fingerprint density at radius 2 is 1.79 bits per heavy atom. The van der Waals surface area contributed by atoms with E-state index in [9.17, 15) is 4.79 Å². The van der Waals surface area contributed by atoms with Gasteiger partial charge in [-0.1, -0.05) is 60.9 Å². The molecular formula is C23H23ClN2O2. The van der Waals surface area contributed by atoms with Crippen molar-refractivity contribution in [1.29, 1.82) is 0 Å². The smallest absolute Gasteiger partial charge is 0.169 e. The summed E-state index contributed by atoms with van der Waals surface area (Å²) >= 11 is 6.06. The van der Waals surface area contributed by atoms with Crippen LogP contribution in [0.1, 0.15) is 54.5 Å².